The van der Waals surface area contributed by atoms with Crippen LogP contribution in [0.25, 0.3) is 0 Å². The van der Waals surface area contributed by atoms with Gasteiger partial charge in [-0.05, 0) is 68.1 Å². The van der Waals surface area contributed by atoms with Crippen LogP contribution in [0.3, 0.4) is 0 Å². The zero-order valence-corrected chi connectivity index (χ0v) is 18.7. The number of aryl methyl sites for hydroxylation is 2. The number of amides is 1. The van der Waals surface area contributed by atoms with Gasteiger partial charge in [0.25, 0.3) is 0 Å². The number of methoxy groups -OCH3 is 1. The molecular weight excluding hydrogens is 388 g/mol. The summed E-state index contributed by atoms with van der Waals surface area (Å²) >= 11 is 0. The minimum Gasteiger partial charge on any atom is -0.497 e. The van der Waals surface area contributed by atoms with Crippen molar-refractivity contribution in [1.82, 2.24) is 5.32 Å². The molecule has 0 aliphatic heterocycles. The summed E-state index contributed by atoms with van der Waals surface area (Å²) in [7, 11) is -2.13. The molecule has 0 aliphatic carbocycles. The predicted molar refractivity (Wildman–Crippen MR) is 117 cm³/mol. The van der Waals surface area contributed by atoms with Gasteiger partial charge in [0.2, 0.25) is 15.9 Å². The number of rotatable bonds is 8. The van der Waals surface area contributed by atoms with E-state index in [0.717, 1.165) is 21.7 Å². The average Bonchev–Trinajstić information content (AvgIpc) is 2.67. The van der Waals surface area contributed by atoms with Crippen LogP contribution in [0.1, 0.15) is 43.0 Å². The normalized spacial score (nSPS) is 13.4. The number of sulfonamides is 1. The quantitative estimate of drug-likeness (QED) is 0.709. The number of carbonyl (C=O) groups is 1. The summed E-state index contributed by atoms with van der Waals surface area (Å²) in [4.78, 5) is 13.0. The van der Waals surface area contributed by atoms with Crippen LogP contribution >= 0.6 is 0 Å². The summed E-state index contributed by atoms with van der Waals surface area (Å²) in [5.41, 5.74) is 3.76. The molecule has 0 saturated heterocycles. The van der Waals surface area contributed by atoms with E-state index < -0.39 is 16.1 Å². The highest BCUT2D eigenvalue weighted by Crippen LogP contribution is 2.25. The Labute approximate surface area is 173 Å². The summed E-state index contributed by atoms with van der Waals surface area (Å²) in [6.07, 6.45) is 1.80. The van der Waals surface area contributed by atoms with E-state index >= 15 is 0 Å². The summed E-state index contributed by atoms with van der Waals surface area (Å²) in [6, 6.07) is 11.6. The molecule has 6 nitrogen and oxygen atoms in total. The molecule has 2 aromatic carbocycles. The Morgan fingerprint density at radius 3 is 2.21 bits per heavy atom. The fourth-order valence-corrected chi connectivity index (χ4v) is 4.41. The zero-order valence-electron chi connectivity index (χ0n) is 17.9. The van der Waals surface area contributed by atoms with Crippen LogP contribution in [0.5, 0.6) is 5.75 Å². The van der Waals surface area contributed by atoms with Crippen molar-refractivity contribution in [2.45, 2.75) is 46.2 Å². The van der Waals surface area contributed by atoms with Gasteiger partial charge in [-0.1, -0.05) is 25.1 Å². The molecule has 2 aromatic rings. The van der Waals surface area contributed by atoms with Crippen LogP contribution < -0.4 is 14.4 Å². The van der Waals surface area contributed by atoms with Gasteiger partial charge in [0.05, 0.1) is 25.1 Å². The van der Waals surface area contributed by atoms with Crippen molar-refractivity contribution < 1.29 is 17.9 Å². The summed E-state index contributed by atoms with van der Waals surface area (Å²) in [5.74, 6) is 0.261. The molecule has 0 saturated carbocycles. The van der Waals surface area contributed by atoms with E-state index in [2.05, 4.69) is 11.4 Å². The van der Waals surface area contributed by atoms with E-state index in [-0.39, 0.29) is 11.9 Å². The molecule has 0 aromatic heterocycles. The summed E-state index contributed by atoms with van der Waals surface area (Å²) in [5, 5.41) is 3.00. The van der Waals surface area contributed by atoms with Crippen molar-refractivity contribution in [2.75, 3.05) is 17.7 Å². The lowest BCUT2D eigenvalue weighted by atomic mass is 9.99. The molecule has 2 rings (SSSR count). The molecule has 0 heterocycles. The van der Waals surface area contributed by atoms with Gasteiger partial charge in [-0.15, -0.1) is 0 Å². The number of anilines is 1. The first-order valence-corrected chi connectivity index (χ1v) is 11.4. The van der Waals surface area contributed by atoms with E-state index in [4.69, 9.17) is 4.74 Å². The molecule has 1 N–H and O–H groups in total. The average molecular weight is 419 g/mol. The SMILES string of the molecule is CC[C@@H](NC(=O)[C@@H](C)N(c1ccc(OC)cc1)S(C)(=O)=O)c1ccc(C)c(C)c1. The molecule has 0 unspecified atom stereocenters. The maximum Gasteiger partial charge on any atom is 0.244 e. The molecule has 0 fully saturated rings. The topological polar surface area (TPSA) is 75.7 Å². The first kappa shape index (κ1) is 22.7. The van der Waals surface area contributed by atoms with Crippen LogP contribution in [0, 0.1) is 13.8 Å². The van der Waals surface area contributed by atoms with Crippen molar-refractivity contribution in [1.29, 1.82) is 0 Å². The Bertz CT molecular complexity index is 955. The van der Waals surface area contributed by atoms with E-state index in [1.54, 1.807) is 31.2 Å². The molecular formula is C22H30N2O4S. The fraction of sp³-hybridized carbons (Fsp3) is 0.409. The second-order valence-electron chi connectivity index (χ2n) is 7.25. The van der Waals surface area contributed by atoms with Crippen molar-refractivity contribution in [3.05, 3.63) is 59.2 Å². The van der Waals surface area contributed by atoms with Crippen molar-refractivity contribution in [3.8, 4) is 5.75 Å². The molecule has 1 amide bonds. The Morgan fingerprint density at radius 1 is 1.10 bits per heavy atom. The zero-order chi connectivity index (χ0) is 21.8. The standard InChI is InChI=1S/C22H30N2O4S/c1-7-21(18-9-8-15(2)16(3)14-18)23-22(25)17(4)24(29(6,26)27)19-10-12-20(28-5)13-11-19/h8-14,17,21H,7H2,1-6H3,(H,23,25)/t17-,21-/m1/s1. The van der Waals surface area contributed by atoms with Gasteiger partial charge in [0.1, 0.15) is 11.8 Å². The molecule has 0 spiro atoms. The lowest BCUT2D eigenvalue weighted by molar-refractivity contribution is -0.122. The number of nitrogens with zero attached hydrogens (tertiary/aromatic N) is 1. The monoisotopic (exact) mass is 418 g/mol. The van der Waals surface area contributed by atoms with Crippen LogP contribution in [-0.2, 0) is 14.8 Å². The highest BCUT2D eigenvalue weighted by molar-refractivity contribution is 7.92. The van der Waals surface area contributed by atoms with Gasteiger partial charge >= 0.3 is 0 Å². The third kappa shape index (κ3) is 5.50. The Balaban J connectivity index is 2.28. The molecule has 2 atom stereocenters. The number of ether oxygens (including phenoxy) is 1. The molecule has 158 valence electrons. The number of hydrogen-bond donors (Lipinski definition) is 1. The summed E-state index contributed by atoms with van der Waals surface area (Å²) in [6.45, 7) is 7.65. The largest absolute Gasteiger partial charge is 0.497 e. The predicted octanol–water partition coefficient (Wildman–Crippen LogP) is 3.73. The number of carbonyl (C=O) groups excluding carboxylic acids is 1. The number of nitrogens with one attached hydrogen (secondary N) is 1. The number of benzene rings is 2. The Kier molecular flexibility index (Phi) is 7.30. The minimum atomic E-state index is -3.67. The third-order valence-electron chi connectivity index (χ3n) is 5.07. The fourth-order valence-electron chi connectivity index (χ4n) is 3.23. The van der Waals surface area contributed by atoms with Crippen molar-refractivity contribution in [3.63, 3.8) is 0 Å². The number of hydrogen-bond acceptors (Lipinski definition) is 4. The van der Waals surface area contributed by atoms with Gasteiger partial charge in [-0.2, -0.15) is 0 Å². The Hall–Kier alpha value is -2.54. The van der Waals surface area contributed by atoms with Gasteiger partial charge in [0, 0.05) is 0 Å². The third-order valence-corrected chi connectivity index (χ3v) is 6.32. The van der Waals surface area contributed by atoms with Crippen LogP contribution in [-0.4, -0.2) is 33.7 Å². The van der Waals surface area contributed by atoms with E-state index in [9.17, 15) is 13.2 Å². The molecule has 29 heavy (non-hydrogen) atoms. The minimum absolute atomic E-state index is 0.193. The first-order valence-electron chi connectivity index (χ1n) is 9.59. The summed E-state index contributed by atoms with van der Waals surface area (Å²) < 4.78 is 31.2. The van der Waals surface area contributed by atoms with Crippen LogP contribution in [0.2, 0.25) is 0 Å². The second-order valence-corrected chi connectivity index (χ2v) is 9.11. The van der Waals surface area contributed by atoms with Gasteiger partial charge in [-0.25, -0.2) is 8.42 Å². The lowest BCUT2D eigenvalue weighted by Gasteiger charge is -2.30. The van der Waals surface area contributed by atoms with Gasteiger partial charge in [0.15, 0.2) is 0 Å². The van der Waals surface area contributed by atoms with Gasteiger partial charge < -0.3 is 10.1 Å². The Morgan fingerprint density at radius 2 is 1.72 bits per heavy atom. The highest BCUT2D eigenvalue weighted by atomic mass is 32.2. The van der Waals surface area contributed by atoms with E-state index in [1.807, 2.05) is 32.9 Å². The second kappa shape index (κ2) is 9.31. The lowest BCUT2D eigenvalue weighted by Crippen LogP contribution is -2.48. The molecule has 7 heteroatoms. The smallest absolute Gasteiger partial charge is 0.244 e. The molecule has 0 aliphatic rings. The molecule has 0 bridgehead atoms. The maximum absolute atomic E-state index is 13.0. The molecule has 0 radical (unpaired) electrons. The highest BCUT2D eigenvalue weighted by Gasteiger charge is 2.30. The van der Waals surface area contributed by atoms with E-state index in [1.165, 1.54) is 12.7 Å². The van der Waals surface area contributed by atoms with Crippen LogP contribution in [0.4, 0.5) is 5.69 Å². The first-order chi connectivity index (χ1) is 13.6. The maximum atomic E-state index is 13.0. The van der Waals surface area contributed by atoms with Crippen molar-refractivity contribution in [2.24, 2.45) is 0 Å². The van der Waals surface area contributed by atoms with E-state index in [0.29, 0.717) is 17.9 Å². The van der Waals surface area contributed by atoms with Crippen LogP contribution in [0.15, 0.2) is 42.5 Å². The van der Waals surface area contributed by atoms with Gasteiger partial charge in [-0.3, -0.25) is 9.10 Å². The van der Waals surface area contributed by atoms with Crippen molar-refractivity contribution >= 4 is 21.6 Å².